The molecule has 104 valence electrons. The van der Waals surface area contributed by atoms with Gasteiger partial charge >= 0.3 is 0 Å². The fourth-order valence-corrected chi connectivity index (χ4v) is 2.59. The van der Waals surface area contributed by atoms with E-state index in [1.54, 1.807) is 0 Å². The van der Waals surface area contributed by atoms with Gasteiger partial charge in [0.2, 0.25) is 5.91 Å². The van der Waals surface area contributed by atoms with Crippen LogP contribution in [0.15, 0.2) is 0 Å². The molecule has 0 spiro atoms. The highest BCUT2D eigenvalue weighted by molar-refractivity contribution is 5.76. The van der Waals surface area contributed by atoms with E-state index in [1.165, 1.54) is 32.2 Å². The molecule has 1 saturated heterocycles. The van der Waals surface area contributed by atoms with Crippen molar-refractivity contribution in [3.8, 4) is 0 Å². The van der Waals surface area contributed by atoms with Crippen LogP contribution in [0.3, 0.4) is 0 Å². The highest BCUT2D eigenvalue weighted by atomic mass is 16.2. The van der Waals surface area contributed by atoms with Crippen molar-refractivity contribution in [1.29, 1.82) is 0 Å². The minimum atomic E-state index is 0.346. The van der Waals surface area contributed by atoms with Gasteiger partial charge in [-0.2, -0.15) is 0 Å². The van der Waals surface area contributed by atoms with Gasteiger partial charge in [-0.1, -0.05) is 13.3 Å². The zero-order valence-electron chi connectivity index (χ0n) is 11.7. The molecule has 2 fully saturated rings. The molecule has 0 aromatic rings. The summed E-state index contributed by atoms with van der Waals surface area (Å²) in [5.41, 5.74) is 0. The van der Waals surface area contributed by atoms with Crippen molar-refractivity contribution in [3.63, 3.8) is 0 Å². The summed E-state index contributed by atoms with van der Waals surface area (Å²) >= 11 is 0. The SMILES string of the molecule is CCCCN(CCC(=O)N1CCNCC1)C1CC1. The number of nitrogens with one attached hydrogen (secondary N) is 1. The predicted molar refractivity (Wildman–Crippen MR) is 73.6 cm³/mol. The molecule has 1 heterocycles. The molecule has 0 aromatic heterocycles. The Kier molecular flexibility index (Phi) is 5.45. The average Bonchev–Trinajstić information content (AvgIpc) is 3.24. The van der Waals surface area contributed by atoms with Crippen LogP contribution in [-0.2, 0) is 4.79 Å². The normalized spacial score (nSPS) is 20.4. The molecule has 1 saturated carbocycles. The Hall–Kier alpha value is -0.610. The Morgan fingerprint density at radius 1 is 1.28 bits per heavy atom. The van der Waals surface area contributed by atoms with Crippen LogP contribution in [0.5, 0.6) is 0 Å². The fraction of sp³-hybridized carbons (Fsp3) is 0.929. The third kappa shape index (κ3) is 4.25. The number of amides is 1. The van der Waals surface area contributed by atoms with Crippen molar-refractivity contribution >= 4 is 5.91 Å². The number of hydrogen-bond donors (Lipinski definition) is 1. The minimum absolute atomic E-state index is 0.346. The molecule has 0 unspecified atom stereocenters. The Morgan fingerprint density at radius 2 is 2.00 bits per heavy atom. The number of piperazine rings is 1. The van der Waals surface area contributed by atoms with E-state index in [2.05, 4.69) is 17.1 Å². The third-order valence-electron chi connectivity index (χ3n) is 3.94. The van der Waals surface area contributed by atoms with Crippen molar-refractivity contribution in [1.82, 2.24) is 15.1 Å². The molecule has 1 N–H and O–H groups in total. The first-order valence-corrected chi connectivity index (χ1v) is 7.54. The molecule has 2 aliphatic rings. The number of hydrogen-bond acceptors (Lipinski definition) is 3. The highest BCUT2D eigenvalue weighted by Gasteiger charge is 2.29. The molecule has 4 nitrogen and oxygen atoms in total. The van der Waals surface area contributed by atoms with E-state index in [4.69, 9.17) is 0 Å². The summed E-state index contributed by atoms with van der Waals surface area (Å²) in [6.07, 6.45) is 5.89. The number of carbonyl (C=O) groups is 1. The van der Waals surface area contributed by atoms with Crippen molar-refractivity contribution in [2.75, 3.05) is 39.3 Å². The van der Waals surface area contributed by atoms with Gasteiger partial charge in [-0.25, -0.2) is 0 Å². The molecule has 2 rings (SSSR count). The fourth-order valence-electron chi connectivity index (χ4n) is 2.59. The highest BCUT2D eigenvalue weighted by Crippen LogP contribution is 2.27. The van der Waals surface area contributed by atoms with Crippen molar-refractivity contribution in [2.24, 2.45) is 0 Å². The molecule has 1 aliphatic carbocycles. The van der Waals surface area contributed by atoms with E-state index in [-0.39, 0.29) is 0 Å². The standard InChI is InChI=1S/C14H27N3O/c1-2-3-9-16(13-4-5-13)10-6-14(18)17-11-7-15-8-12-17/h13,15H,2-12H2,1H3. The van der Waals surface area contributed by atoms with E-state index < -0.39 is 0 Å². The summed E-state index contributed by atoms with van der Waals surface area (Å²) < 4.78 is 0. The van der Waals surface area contributed by atoms with Gasteiger partial charge in [0.15, 0.2) is 0 Å². The lowest BCUT2D eigenvalue weighted by Crippen LogP contribution is -2.47. The Morgan fingerprint density at radius 3 is 2.61 bits per heavy atom. The van der Waals surface area contributed by atoms with Crippen molar-refractivity contribution < 1.29 is 4.79 Å². The molecule has 1 aliphatic heterocycles. The van der Waals surface area contributed by atoms with Gasteiger partial charge in [0.05, 0.1) is 0 Å². The zero-order valence-corrected chi connectivity index (χ0v) is 11.7. The summed E-state index contributed by atoms with van der Waals surface area (Å²) in [6.45, 7) is 8.05. The molecule has 0 aromatic carbocycles. The Bertz CT molecular complexity index is 260. The summed E-state index contributed by atoms with van der Waals surface area (Å²) in [5.74, 6) is 0.346. The smallest absolute Gasteiger partial charge is 0.223 e. The van der Waals surface area contributed by atoms with Gasteiger partial charge in [0, 0.05) is 45.2 Å². The van der Waals surface area contributed by atoms with Crippen LogP contribution in [0, 0.1) is 0 Å². The average molecular weight is 253 g/mol. The van der Waals surface area contributed by atoms with E-state index in [9.17, 15) is 4.79 Å². The molecule has 0 radical (unpaired) electrons. The lowest BCUT2D eigenvalue weighted by Gasteiger charge is -2.29. The summed E-state index contributed by atoms with van der Waals surface area (Å²) in [4.78, 5) is 16.6. The molecule has 0 atom stereocenters. The Labute approximate surface area is 111 Å². The summed E-state index contributed by atoms with van der Waals surface area (Å²) in [7, 11) is 0. The quantitative estimate of drug-likeness (QED) is 0.737. The molecular formula is C14H27N3O. The predicted octanol–water partition coefficient (Wildman–Crippen LogP) is 1.07. The minimum Gasteiger partial charge on any atom is -0.340 e. The van der Waals surface area contributed by atoms with Gasteiger partial charge in [0.1, 0.15) is 0 Å². The topological polar surface area (TPSA) is 35.6 Å². The molecular weight excluding hydrogens is 226 g/mol. The van der Waals surface area contributed by atoms with Gasteiger partial charge < -0.3 is 10.2 Å². The maximum atomic E-state index is 12.1. The maximum Gasteiger partial charge on any atom is 0.223 e. The number of nitrogens with zero attached hydrogens (tertiary/aromatic N) is 2. The van der Waals surface area contributed by atoms with Gasteiger partial charge in [-0.3, -0.25) is 9.69 Å². The number of rotatable bonds is 7. The van der Waals surface area contributed by atoms with Crippen LogP contribution in [0.25, 0.3) is 0 Å². The van der Waals surface area contributed by atoms with Crippen LogP contribution in [0.4, 0.5) is 0 Å². The van der Waals surface area contributed by atoms with Crippen LogP contribution in [0.1, 0.15) is 39.0 Å². The second-order valence-corrected chi connectivity index (χ2v) is 5.50. The zero-order chi connectivity index (χ0) is 12.8. The van der Waals surface area contributed by atoms with Gasteiger partial charge in [-0.15, -0.1) is 0 Å². The van der Waals surface area contributed by atoms with Crippen molar-refractivity contribution in [3.05, 3.63) is 0 Å². The lowest BCUT2D eigenvalue weighted by atomic mass is 10.2. The van der Waals surface area contributed by atoms with E-state index in [1.807, 2.05) is 4.90 Å². The monoisotopic (exact) mass is 253 g/mol. The van der Waals surface area contributed by atoms with Crippen molar-refractivity contribution in [2.45, 2.75) is 45.1 Å². The van der Waals surface area contributed by atoms with E-state index in [0.29, 0.717) is 12.3 Å². The maximum absolute atomic E-state index is 12.1. The first-order chi connectivity index (χ1) is 8.81. The molecule has 1 amide bonds. The Balaban J connectivity index is 1.69. The van der Waals surface area contributed by atoms with Crippen LogP contribution < -0.4 is 5.32 Å². The van der Waals surface area contributed by atoms with Gasteiger partial charge in [0.25, 0.3) is 0 Å². The molecule has 18 heavy (non-hydrogen) atoms. The lowest BCUT2D eigenvalue weighted by molar-refractivity contribution is -0.132. The number of unbranched alkanes of at least 4 members (excludes halogenated alkanes) is 1. The van der Waals surface area contributed by atoms with Crippen LogP contribution in [-0.4, -0.2) is 61.0 Å². The van der Waals surface area contributed by atoms with Crippen LogP contribution >= 0.6 is 0 Å². The number of carbonyl (C=O) groups excluding carboxylic acids is 1. The van der Waals surface area contributed by atoms with Crippen LogP contribution in [0.2, 0.25) is 0 Å². The summed E-state index contributed by atoms with van der Waals surface area (Å²) in [6, 6.07) is 0.785. The molecule has 0 bridgehead atoms. The summed E-state index contributed by atoms with van der Waals surface area (Å²) in [5, 5.41) is 3.29. The first-order valence-electron chi connectivity index (χ1n) is 7.54. The second kappa shape index (κ2) is 7.10. The van der Waals surface area contributed by atoms with E-state index >= 15 is 0 Å². The third-order valence-corrected chi connectivity index (χ3v) is 3.94. The van der Waals surface area contributed by atoms with Gasteiger partial charge in [-0.05, 0) is 25.8 Å². The first kappa shape index (κ1) is 13.8. The molecule has 4 heteroatoms. The second-order valence-electron chi connectivity index (χ2n) is 5.50. The van der Waals surface area contributed by atoms with E-state index in [0.717, 1.165) is 38.8 Å². The largest absolute Gasteiger partial charge is 0.340 e.